The van der Waals surface area contributed by atoms with Crippen LogP contribution in [-0.4, -0.2) is 18.1 Å². The predicted octanol–water partition coefficient (Wildman–Crippen LogP) is 4.10. The van der Waals surface area contributed by atoms with Crippen LogP contribution in [0.1, 0.15) is 38.2 Å². The molecule has 2 rings (SSSR count). The minimum atomic E-state index is 0.446. The third-order valence-corrected chi connectivity index (χ3v) is 4.94. The molecule has 1 saturated carbocycles. The molecule has 0 saturated heterocycles. The van der Waals surface area contributed by atoms with Gasteiger partial charge in [-0.15, -0.1) is 0 Å². The summed E-state index contributed by atoms with van der Waals surface area (Å²) in [5.41, 5.74) is 7.80. The first-order valence-corrected chi connectivity index (χ1v) is 8.01. The quantitative estimate of drug-likeness (QED) is 0.840. The van der Waals surface area contributed by atoms with Crippen LogP contribution in [0.4, 0.5) is 5.69 Å². The van der Waals surface area contributed by atoms with Gasteiger partial charge < -0.3 is 10.6 Å². The molecule has 1 aliphatic carbocycles. The normalized spacial score (nSPS) is 23.1. The van der Waals surface area contributed by atoms with Crippen molar-refractivity contribution in [2.75, 3.05) is 11.9 Å². The largest absolute Gasteiger partial charge is 0.389 e. The number of thiocarbonyl (C=S) groups is 1. The van der Waals surface area contributed by atoms with Gasteiger partial charge in [0.1, 0.15) is 4.99 Å². The highest BCUT2D eigenvalue weighted by atomic mass is 79.9. The predicted molar refractivity (Wildman–Crippen MR) is 89.9 cm³/mol. The van der Waals surface area contributed by atoms with E-state index in [1.807, 2.05) is 12.1 Å². The molecule has 19 heavy (non-hydrogen) atoms. The SMILES string of the molecule is CC1CCCC(N(C)c2ccc(C(N)=S)cc2Br)C1. The Balaban J connectivity index is 2.19. The maximum atomic E-state index is 5.67. The average Bonchev–Trinajstić information content (AvgIpc) is 2.37. The molecule has 0 spiro atoms. The summed E-state index contributed by atoms with van der Waals surface area (Å²) < 4.78 is 1.07. The van der Waals surface area contributed by atoms with E-state index < -0.39 is 0 Å². The van der Waals surface area contributed by atoms with Crippen LogP contribution in [0, 0.1) is 5.92 Å². The molecule has 2 nitrogen and oxygen atoms in total. The monoisotopic (exact) mass is 340 g/mol. The molecule has 2 N–H and O–H groups in total. The summed E-state index contributed by atoms with van der Waals surface area (Å²) in [4.78, 5) is 2.84. The summed E-state index contributed by atoms with van der Waals surface area (Å²) in [6.07, 6.45) is 5.26. The van der Waals surface area contributed by atoms with Gasteiger partial charge in [0.2, 0.25) is 0 Å². The average molecular weight is 341 g/mol. The van der Waals surface area contributed by atoms with E-state index in [2.05, 4.69) is 40.9 Å². The van der Waals surface area contributed by atoms with E-state index in [9.17, 15) is 0 Å². The van der Waals surface area contributed by atoms with Gasteiger partial charge >= 0.3 is 0 Å². The van der Waals surface area contributed by atoms with Gasteiger partial charge in [-0.2, -0.15) is 0 Å². The molecule has 104 valence electrons. The van der Waals surface area contributed by atoms with Crippen LogP contribution in [-0.2, 0) is 0 Å². The van der Waals surface area contributed by atoms with Crippen LogP contribution in [0.2, 0.25) is 0 Å². The Bertz CT molecular complexity index is 475. The van der Waals surface area contributed by atoms with Gasteiger partial charge in [0.05, 0.1) is 5.69 Å². The van der Waals surface area contributed by atoms with Crippen LogP contribution in [0.5, 0.6) is 0 Å². The molecule has 0 aromatic heterocycles. The molecule has 1 fully saturated rings. The Hall–Kier alpha value is -0.610. The van der Waals surface area contributed by atoms with E-state index in [1.165, 1.54) is 31.4 Å². The molecular weight excluding hydrogens is 320 g/mol. The summed E-state index contributed by atoms with van der Waals surface area (Å²) in [5.74, 6) is 0.830. The summed E-state index contributed by atoms with van der Waals surface area (Å²) in [6, 6.07) is 6.76. The second-order valence-corrected chi connectivity index (χ2v) is 6.86. The summed E-state index contributed by atoms with van der Waals surface area (Å²) in [5, 5.41) is 0. The number of hydrogen-bond acceptors (Lipinski definition) is 2. The molecule has 4 heteroatoms. The van der Waals surface area contributed by atoms with Crippen LogP contribution >= 0.6 is 28.1 Å². The number of nitrogens with two attached hydrogens (primary N) is 1. The summed E-state index contributed by atoms with van der Waals surface area (Å²) in [7, 11) is 2.18. The van der Waals surface area contributed by atoms with Crippen molar-refractivity contribution in [3.05, 3.63) is 28.2 Å². The van der Waals surface area contributed by atoms with E-state index in [0.717, 1.165) is 16.0 Å². The molecule has 2 unspecified atom stereocenters. The molecule has 2 atom stereocenters. The van der Waals surface area contributed by atoms with Gasteiger partial charge in [0, 0.05) is 23.1 Å². The number of rotatable bonds is 3. The van der Waals surface area contributed by atoms with Gasteiger partial charge in [-0.25, -0.2) is 0 Å². The minimum absolute atomic E-state index is 0.446. The third kappa shape index (κ3) is 3.48. The molecule has 0 radical (unpaired) electrons. The van der Waals surface area contributed by atoms with Crippen molar-refractivity contribution in [1.29, 1.82) is 0 Å². The van der Waals surface area contributed by atoms with Crippen molar-refractivity contribution < 1.29 is 0 Å². The second kappa shape index (κ2) is 6.23. The van der Waals surface area contributed by atoms with Gasteiger partial charge in [0.15, 0.2) is 0 Å². The standard InChI is InChI=1S/C15H21BrN2S/c1-10-4-3-5-12(8-10)18(2)14-7-6-11(15(17)19)9-13(14)16/h6-7,9-10,12H,3-5,8H2,1-2H3,(H2,17,19). The van der Waals surface area contributed by atoms with Gasteiger partial charge in [-0.1, -0.05) is 32.0 Å². The highest BCUT2D eigenvalue weighted by Gasteiger charge is 2.23. The number of hydrogen-bond donors (Lipinski definition) is 1. The number of anilines is 1. The zero-order valence-electron chi connectivity index (χ0n) is 11.5. The van der Waals surface area contributed by atoms with Crippen LogP contribution in [0.25, 0.3) is 0 Å². The number of halogens is 1. The molecule has 0 heterocycles. The summed E-state index contributed by atoms with van der Waals surface area (Å²) >= 11 is 8.66. The first-order valence-electron chi connectivity index (χ1n) is 6.81. The summed E-state index contributed by atoms with van der Waals surface area (Å²) in [6.45, 7) is 2.35. The first-order chi connectivity index (χ1) is 8.99. The van der Waals surface area contributed by atoms with E-state index in [1.54, 1.807) is 0 Å². The fraction of sp³-hybridized carbons (Fsp3) is 0.533. The van der Waals surface area contributed by atoms with E-state index in [-0.39, 0.29) is 0 Å². The zero-order chi connectivity index (χ0) is 14.0. The highest BCUT2D eigenvalue weighted by Crippen LogP contribution is 2.33. The van der Waals surface area contributed by atoms with E-state index in [0.29, 0.717) is 11.0 Å². The lowest BCUT2D eigenvalue weighted by molar-refractivity contribution is 0.336. The topological polar surface area (TPSA) is 29.3 Å². The molecule has 1 aromatic rings. The van der Waals surface area contributed by atoms with Crippen LogP contribution < -0.4 is 10.6 Å². The first kappa shape index (κ1) is 14.8. The Kier molecular flexibility index (Phi) is 4.85. The molecule has 0 amide bonds. The highest BCUT2D eigenvalue weighted by molar-refractivity contribution is 9.10. The molecule has 1 aliphatic rings. The zero-order valence-corrected chi connectivity index (χ0v) is 13.9. The smallest absolute Gasteiger partial charge is 0.104 e. The Morgan fingerprint density at radius 3 is 2.74 bits per heavy atom. The van der Waals surface area contributed by atoms with Crippen molar-refractivity contribution in [2.45, 2.75) is 38.6 Å². The van der Waals surface area contributed by atoms with Crippen molar-refractivity contribution in [2.24, 2.45) is 11.7 Å². The number of benzene rings is 1. The number of nitrogens with zero attached hydrogens (tertiary/aromatic N) is 1. The molecule has 0 aliphatic heterocycles. The van der Waals surface area contributed by atoms with Gasteiger partial charge in [-0.3, -0.25) is 0 Å². The second-order valence-electron chi connectivity index (χ2n) is 5.57. The Morgan fingerprint density at radius 1 is 1.42 bits per heavy atom. The lowest BCUT2D eigenvalue weighted by Gasteiger charge is -2.36. The lowest BCUT2D eigenvalue weighted by Crippen LogP contribution is -2.35. The van der Waals surface area contributed by atoms with Crippen LogP contribution in [0.3, 0.4) is 0 Å². The van der Waals surface area contributed by atoms with Gasteiger partial charge in [-0.05, 0) is 52.9 Å². The van der Waals surface area contributed by atoms with Gasteiger partial charge in [0.25, 0.3) is 0 Å². The Morgan fingerprint density at radius 2 is 2.16 bits per heavy atom. The van der Waals surface area contributed by atoms with Crippen molar-refractivity contribution >= 4 is 38.8 Å². The lowest BCUT2D eigenvalue weighted by atomic mass is 9.86. The fourth-order valence-electron chi connectivity index (χ4n) is 2.90. The van der Waals surface area contributed by atoms with E-state index >= 15 is 0 Å². The van der Waals surface area contributed by atoms with Crippen molar-refractivity contribution in [1.82, 2.24) is 0 Å². The van der Waals surface area contributed by atoms with E-state index in [4.69, 9.17) is 18.0 Å². The Labute approximate surface area is 129 Å². The van der Waals surface area contributed by atoms with Crippen LogP contribution in [0.15, 0.2) is 22.7 Å². The van der Waals surface area contributed by atoms with Crippen molar-refractivity contribution in [3.8, 4) is 0 Å². The maximum Gasteiger partial charge on any atom is 0.104 e. The maximum absolute atomic E-state index is 5.67. The third-order valence-electron chi connectivity index (χ3n) is 4.07. The molecule has 0 bridgehead atoms. The molecule has 1 aromatic carbocycles. The fourth-order valence-corrected chi connectivity index (χ4v) is 3.68. The minimum Gasteiger partial charge on any atom is -0.389 e. The van der Waals surface area contributed by atoms with Crippen molar-refractivity contribution in [3.63, 3.8) is 0 Å². The molecular formula is C15H21BrN2S.